The first-order valence-corrected chi connectivity index (χ1v) is 7.04. The van der Waals surface area contributed by atoms with Crippen LogP contribution in [0, 0.1) is 0 Å². The molecular weight excluding hydrogens is 308 g/mol. The first-order valence-electron chi connectivity index (χ1n) is 6.25. The monoisotopic (exact) mass is 324 g/mol. The summed E-state index contributed by atoms with van der Waals surface area (Å²) in [5.74, 6) is 1.48. The summed E-state index contributed by atoms with van der Waals surface area (Å²) < 4.78 is 11.6. The number of ether oxygens (including phenoxy) is 1. The normalized spacial score (nSPS) is 12.4. The van der Waals surface area contributed by atoms with Crippen LogP contribution in [0.2, 0.25) is 0 Å². The summed E-state index contributed by atoms with van der Waals surface area (Å²) in [5, 5.41) is 3.63. The van der Waals surface area contributed by atoms with Crippen LogP contribution in [0.1, 0.15) is 24.7 Å². The SMILES string of the molecule is CCC(N)Cc1ccc(OCc2ccno2)c(Br)c1. The van der Waals surface area contributed by atoms with E-state index in [4.69, 9.17) is 15.0 Å². The third-order valence-electron chi connectivity index (χ3n) is 2.88. The van der Waals surface area contributed by atoms with E-state index in [1.165, 1.54) is 5.56 Å². The number of nitrogens with two attached hydrogens (primary N) is 1. The van der Waals surface area contributed by atoms with Crippen LogP contribution in [0.25, 0.3) is 0 Å². The molecule has 0 saturated carbocycles. The smallest absolute Gasteiger partial charge is 0.174 e. The Kier molecular flexibility index (Phi) is 4.99. The molecule has 1 aromatic heterocycles. The molecule has 0 aliphatic heterocycles. The molecule has 19 heavy (non-hydrogen) atoms. The highest BCUT2D eigenvalue weighted by Crippen LogP contribution is 2.27. The quantitative estimate of drug-likeness (QED) is 0.885. The summed E-state index contributed by atoms with van der Waals surface area (Å²) in [7, 11) is 0. The largest absolute Gasteiger partial charge is 0.484 e. The lowest BCUT2D eigenvalue weighted by Gasteiger charge is -2.11. The van der Waals surface area contributed by atoms with Crippen molar-refractivity contribution in [3.8, 4) is 5.75 Å². The number of rotatable bonds is 6. The second kappa shape index (κ2) is 6.73. The van der Waals surface area contributed by atoms with E-state index in [-0.39, 0.29) is 6.04 Å². The van der Waals surface area contributed by atoms with Gasteiger partial charge >= 0.3 is 0 Å². The minimum atomic E-state index is 0.202. The molecule has 2 N–H and O–H groups in total. The lowest BCUT2D eigenvalue weighted by molar-refractivity contribution is 0.248. The van der Waals surface area contributed by atoms with E-state index in [2.05, 4.69) is 28.0 Å². The van der Waals surface area contributed by atoms with Crippen molar-refractivity contribution in [1.29, 1.82) is 0 Å². The van der Waals surface area contributed by atoms with Crippen molar-refractivity contribution in [2.24, 2.45) is 5.73 Å². The van der Waals surface area contributed by atoms with E-state index in [0.717, 1.165) is 23.1 Å². The molecule has 0 aliphatic carbocycles. The average molecular weight is 325 g/mol. The Morgan fingerprint density at radius 1 is 1.42 bits per heavy atom. The second-order valence-corrected chi connectivity index (χ2v) is 5.26. The van der Waals surface area contributed by atoms with Gasteiger partial charge in [-0.05, 0) is 46.5 Å². The van der Waals surface area contributed by atoms with Crippen molar-refractivity contribution in [3.63, 3.8) is 0 Å². The Balaban J connectivity index is 1.98. The fraction of sp³-hybridized carbons (Fsp3) is 0.357. The molecule has 0 radical (unpaired) electrons. The Bertz CT molecular complexity index is 514. The van der Waals surface area contributed by atoms with Crippen LogP contribution in [0.5, 0.6) is 5.75 Å². The third kappa shape index (κ3) is 4.08. The molecule has 1 aromatic carbocycles. The molecule has 0 fully saturated rings. The van der Waals surface area contributed by atoms with Gasteiger partial charge < -0.3 is 15.0 Å². The number of halogens is 1. The topological polar surface area (TPSA) is 61.3 Å². The third-order valence-corrected chi connectivity index (χ3v) is 3.50. The highest BCUT2D eigenvalue weighted by molar-refractivity contribution is 9.10. The summed E-state index contributed by atoms with van der Waals surface area (Å²) in [6.07, 6.45) is 3.45. The van der Waals surface area contributed by atoms with Gasteiger partial charge in [0, 0.05) is 12.1 Å². The fourth-order valence-electron chi connectivity index (χ4n) is 1.70. The van der Waals surface area contributed by atoms with E-state index in [0.29, 0.717) is 12.4 Å². The Labute approximate surface area is 121 Å². The maximum atomic E-state index is 5.95. The predicted molar refractivity (Wildman–Crippen MR) is 76.9 cm³/mol. The zero-order valence-electron chi connectivity index (χ0n) is 10.8. The predicted octanol–water partition coefficient (Wildman–Crippen LogP) is 3.30. The van der Waals surface area contributed by atoms with Gasteiger partial charge in [-0.2, -0.15) is 0 Å². The average Bonchev–Trinajstić information content (AvgIpc) is 2.91. The maximum absolute atomic E-state index is 5.95. The molecule has 0 aliphatic rings. The highest BCUT2D eigenvalue weighted by Gasteiger charge is 2.07. The molecule has 102 valence electrons. The van der Waals surface area contributed by atoms with Gasteiger partial charge in [0.25, 0.3) is 0 Å². The molecule has 1 unspecified atom stereocenters. The van der Waals surface area contributed by atoms with Crippen LogP contribution in [-0.2, 0) is 13.0 Å². The number of aromatic nitrogens is 1. The van der Waals surface area contributed by atoms with Gasteiger partial charge in [0.1, 0.15) is 12.4 Å². The van der Waals surface area contributed by atoms with Gasteiger partial charge in [0.15, 0.2) is 5.76 Å². The van der Waals surface area contributed by atoms with Crippen molar-refractivity contribution in [2.75, 3.05) is 0 Å². The summed E-state index contributed by atoms with van der Waals surface area (Å²) in [5.41, 5.74) is 7.15. The van der Waals surface area contributed by atoms with Crippen LogP contribution >= 0.6 is 15.9 Å². The van der Waals surface area contributed by atoms with E-state index < -0.39 is 0 Å². The van der Waals surface area contributed by atoms with Gasteiger partial charge in [0.2, 0.25) is 0 Å². The summed E-state index contributed by atoms with van der Waals surface area (Å²) in [6.45, 7) is 2.46. The lowest BCUT2D eigenvalue weighted by Crippen LogP contribution is -2.21. The molecule has 0 amide bonds. The van der Waals surface area contributed by atoms with Crippen LogP contribution < -0.4 is 10.5 Å². The first-order chi connectivity index (χ1) is 9.19. The van der Waals surface area contributed by atoms with Crippen molar-refractivity contribution in [1.82, 2.24) is 5.16 Å². The Morgan fingerprint density at radius 3 is 2.89 bits per heavy atom. The van der Waals surface area contributed by atoms with E-state index in [1.54, 1.807) is 12.3 Å². The number of hydrogen-bond donors (Lipinski definition) is 1. The molecular formula is C14H17BrN2O2. The lowest BCUT2D eigenvalue weighted by atomic mass is 10.0. The molecule has 5 heteroatoms. The number of hydrogen-bond acceptors (Lipinski definition) is 4. The molecule has 0 bridgehead atoms. The van der Waals surface area contributed by atoms with Crippen molar-refractivity contribution in [2.45, 2.75) is 32.4 Å². The van der Waals surface area contributed by atoms with Crippen LogP contribution in [-0.4, -0.2) is 11.2 Å². The van der Waals surface area contributed by atoms with Gasteiger partial charge in [0.05, 0.1) is 10.7 Å². The van der Waals surface area contributed by atoms with E-state index in [1.807, 2.05) is 18.2 Å². The molecule has 2 rings (SSSR count). The van der Waals surface area contributed by atoms with Crippen LogP contribution in [0.3, 0.4) is 0 Å². The number of benzene rings is 1. The summed E-state index contributed by atoms with van der Waals surface area (Å²) in [4.78, 5) is 0. The van der Waals surface area contributed by atoms with Crippen LogP contribution in [0.15, 0.2) is 39.5 Å². The van der Waals surface area contributed by atoms with Gasteiger partial charge in [-0.25, -0.2) is 0 Å². The minimum absolute atomic E-state index is 0.202. The highest BCUT2D eigenvalue weighted by atomic mass is 79.9. The Morgan fingerprint density at radius 2 is 2.26 bits per heavy atom. The zero-order chi connectivity index (χ0) is 13.7. The molecule has 2 aromatic rings. The molecule has 1 heterocycles. The molecule has 4 nitrogen and oxygen atoms in total. The summed E-state index contributed by atoms with van der Waals surface area (Å²) >= 11 is 3.51. The van der Waals surface area contributed by atoms with Crippen molar-refractivity contribution in [3.05, 3.63) is 46.3 Å². The second-order valence-electron chi connectivity index (χ2n) is 4.40. The standard InChI is InChI=1S/C14H17BrN2O2/c1-2-11(16)7-10-3-4-14(13(15)8-10)18-9-12-5-6-17-19-12/h3-6,8,11H,2,7,9,16H2,1H3. The van der Waals surface area contributed by atoms with E-state index in [9.17, 15) is 0 Å². The Hall–Kier alpha value is -1.33. The van der Waals surface area contributed by atoms with Crippen molar-refractivity contribution < 1.29 is 9.26 Å². The zero-order valence-corrected chi connectivity index (χ0v) is 12.4. The molecule has 0 spiro atoms. The summed E-state index contributed by atoms with van der Waals surface area (Å²) in [6, 6.07) is 8.01. The minimum Gasteiger partial charge on any atom is -0.484 e. The van der Waals surface area contributed by atoms with Crippen molar-refractivity contribution >= 4 is 15.9 Å². The molecule has 0 saturated heterocycles. The fourth-order valence-corrected chi connectivity index (χ4v) is 2.24. The van der Waals surface area contributed by atoms with Crippen LogP contribution in [0.4, 0.5) is 0 Å². The van der Waals surface area contributed by atoms with Gasteiger partial charge in [-0.15, -0.1) is 0 Å². The maximum Gasteiger partial charge on any atom is 0.174 e. The van der Waals surface area contributed by atoms with Gasteiger partial charge in [-0.1, -0.05) is 18.1 Å². The van der Waals surface area contributed by atoms with Gasteiger partial charge in [-0.3, -0.25) is 0 Å². The first kappa shape index (κ1) is 14.1. The number of nitrogens with zero attached hydrogens (tertiary/aromatic N) is 1. The van der Waals surface area contributed by atoms with E-state index >= 15 is 0 Å². The molecule has 1 atom stereocenters.